The normalized spacial score (nSPS) is 27.0. The maximum atomic E-state index is 15.2. The van der Waals surface area contributed by atoms with Crippen molar-refractivity contribution in [3.05, 3.63) is 72.9 Å². The zero-order chi connectivity index (χ0) is 34.0. The van der Waals surface area contributed by atoms with Crippen molar-refractivity contribution in [2.75, 3.05) is 13.3 Å². The Morgan fingerprint density at radius 3 is 2.68 bits per heavy atom. The van der Waals surface area contributed by atoms with Crippen LogP contribution < -0.4 is 21.5 Å². The second kappa shape index (κ2) is 13.8. The highest BCUT2D eigenvalue weighted by Crippen LogP contribution is 2.58. The number of carbonyl (C=O) groups is 1. The Morgan fingerprint density at radius 1 is 1.28 bits per heavy atom. The summed E-state index contributed by atoms with van der Waals surface area (Å²) in [6.07, 6.45) is 1.12. The average Bonchev–Trinajstić information content (AvgIpc) is 3.67. The monoisotopic (exact) mass is 679 g/mol. The van der Waals surface area contributed by atoms with Crippen LogP contribution in [0.5, 0.6) is 5.75 Å². The average molecular weight is 680 g/mol. The number of esters is 1. The second-order valence-corrected chi connectivity index (χ2v) is 13.2. The van der Waals surface area contributed by atoms with Crippen LogP contribution in [0.15, 0.2) is 45.2 Å². The number of aromatic amines is 1. The van der Waals surface area contributed by atoms with E-state index in [0.29, 0.717) is 24.0 Å². The Kier molecular flexibility index (Phi) is 10.2. The van der Waals surface area contributed by atoms with E-state index in [0.717, 1.165) is 23.5 Å². The van der Waals surface area contributed by atoms with Gasteiger partial charge in [0.25, 0.3) is 5.56 Å². The zero-order valence-electron chi connectivity index (χ0n) is 26.1. The summed E-state index contributed by atoms with van der Waals surface area (Å²) in [5.74, 6) is -1.64. The third kappa shape index (κ3) is 7.11. The van der Waals surface area contributed by atoms with Gasteiger partial charge < -0.3 is 24.7 Å². The molecule has 1 aromatic carbocycles. The molecule has 0 bridgehead atoms. The quantitative estimate of drug-likeness (QED) is 0.102. The SMILES string of the molecule is CC(C)OC(=O)[C@@H](N)Cc1cc(CN=[N+]=[N-])ccc1O[P+](=O)OC[C@@]1(CF)O[C@@H](n2ccc(=O)[nH]c2=O)[C@]2(C)OC3(CCCC3)O[C@H]12. The molecule has 3 N–H and O–H groups in total. The number of aromatic nitrogens is 2. The van der Waals surface area contributed by atoms with E-state index in [-0.39, 0.29) is 18.7 Å². The van der Waals surface area contributed by atoms with E-state index >= 15 is 4.39 Å². The molecule has 3 aliphatic rings. The molecule has 16 nitrogen and oxygen atoms in total. The Morgan fingerprint density at radius 2 is 2.02 bits per heavy atom. The fraction of sp³-hybridized carbons (Fsp3) is 0.621. The summed E-state index contributed by atoms with van der Waals surface area (Å²) in [6, 6.07) is 4.65. The summed E-state index contributed by atoms with van der Waals surface area (Å²) in [4.78, 5) is 41.9. The first-order valence-electron chi connectivity index (χ1n) is 15.1. The first-order chi connectivity index (χ1) is 22.3. The molecule has 1 aromatic heterocycles. The topological polar surface area (TPSA) is 219 Å². The first kappa shape index (κ1) is 34.6. The number of nitrogens with one attached hydrogen (secondary N) is 1. The number of benzene rings is 1. The summed E-state index contributed by atoms with van der Waals surface area (Å²) < 4.78 is 64.9. The lowest BCUT2D eigenvalue weighted by Gasteiger charge is -2.32. The van der Waals surface area contributed by atoms with Gasteiger partial charge in [0.15, 0.2) is 23.4 Å². The Labute approximate surface area is 269 Å². The number of azide groups is 1. The molecule has 18 heteroatoms. The molecule has 1 aliphatic carbocycles. The van der Waals surface area contributed by atoms with Crippen LogP contribution in [0, 0.1) is 0 Å². The Balaban J connectivity index is 1.38. The maximum absolute atomic E-state index is 15.2. The Bertz CT molecular complexity index is 1670. The summed E-state index contributed by atoms with van der Waals surface area (Å²) >= 11 is 0. The van der Waals surface area contributed by atoms with E-state index < -0.39 is 80.2 Å². The lowest BCUT2D eigenvalue weighted by Crippen LogP contribution is -2.51. The van der Waals surface area contributed by atoms with Crippen LogP contribution >= 0.6 is 8.25 Å². The number of ether oxygens (including phenoxy) is 4. The van der Waals surface area contributed by atoms with Gasteiger partial charge >= 0.3 is 19.9 Å². The fourth-order valence-corrected chi connectivity index (χ4v) is 7.07. The molecule has 3 fully saturated rings. The van der Waals surface area contributed by atoms with E-state index in [1.54, 1.807) is 32.9 Å². The molecule has 2 saturated heterocycles. The lowest BCUT2D eigenvalue weighted by molar-refractivity contribution is -0.252. The highest BCUT2D eigenvalue weighted by Gasteiger charge is 2.73. The number of hydrogen-bond donors (Lipinski definition) is 2. The number of rotatable bonds is 13. The first-order valence-corrected chi connectivity index (χ1v) is 16.2. The van der Waals surface area contributed by atoms with Gasteiger partial charge in [0.05, 0.1) is 12.6 Å². The number of hydrogen-bond acceptors (Lipinski definition) is 12. The number of nitrogens with zero attached hydrogens (tertiary/aromatic N) is 4. The van der Waals surface area contributed by atoms with E-state index in [4.69, 9.17) is 39.3 Å². The molecule has 47 heavy (non-hydrogen) atoms. The number of halogens is 1. The number of carbonyl (C=O) groups excluding carboxylic acids is 1. The molecule has 6 atom stereocenters. The molecule has 2 aliphatic heterocycles. The minimum Gasteiger partial charge on any atom is -0.462 e. The molecular formula is C29H37FN6O10P+. The van der Waals surface area contributed by atoms with Crippen molar-refractivity contribution < 1.29 is 41.7 Å². The highest BCUT2D eigenvalue weighted by atomic mass is 31.1. The van der Waals surface area contributed by atoms with Gasteiger partial charge in [-0.1, -0.05) is 17.2 Å². The standard InChI is InChI=1S/C29H36FN6O10P/c1-17(2)42-23(38)20(31)13-19-12-18(14-33-35-32)6-7-21(19)45-47(40)41-16-28(15-30)24-27(3,46-29(43-24)9-4-5-10-29)25(44-28)36-11-8-22(37)34-26(36)39/h6-8,11-12,17,20,24-25H,4-5,9-10,13-16,31H2,1-3H3/p+1/t20-,24-,25+,27+,28+/m0/s1. The van der Waals surface area contributed by atoms with Crippen molar-refractivity contribution in [1.29, 1.82) is 0 Å². The molecule has 1 unspecified atom stereocenters. The van der Waals surface area contributed by atoms with Gasteiger partial charge in [0.2, 0.25) is 0 Å². The van der Waals surface area contributed by atoms with Crippen molar-refractivity contribution in [1.82, 2.24) is 9.55 Å². The molecule has 2 aromatic rings. The molecule has 0 amide bonds. The van der Waals surface area contributed by atoms with Crippen LogP contribution in [0.2, 0.25) is 0 Å². The number of nitrogens with two attached hydrogens (primary N) is 1. The predicted octanol–water partition coefficient (Wildman–Crippen LogP) is 3.60. The third-order valence-electron chi connectivity index (χ3n) is 8.39. The molecule has 0 radical (unpaired) electrons. The van der Waals surface area contributed by atoms with E-state index in [1.807, 2.05) is 0 Å². The van der Waals surface area contributed by atoms with Crippen LogP contribution in [-0.4, -0.2) is 64.0 Å². The zero-order valence-corrected chi connectivity index (χ0v) is 27.0. The molecular weight excluding hydrogens is 642 g/mol. The Hall–Kier alpha value is -3.69. The van der Waals surface area contributed by atoms with Crippen molar-refractivity contribution in [3.63, 3.8) is 0 Å². The van der Waals surface area contributed by atoms with Crippen LogP contribution in [0.3, 0.4) is 0 Å². The van der Waals surface area contributed by atoms with Gasteiger partial charge in [0.1, 0.15) is 31.0 Å². The lowest BCUT2D eigenvalue weighted by atomic mass is 9.88. The summed E-state index contributed by atoms with van der Waals surface area (Å²) in [6.45, 7) is 3.20. The van der Waals surface area contributed by atoms with E-state index in [1.165, 1.54) is 12.3 Å². The van der Waals surface area contributed by atoms with Crippen LogP contribution in [-0.2, 0) is 45.8 Å². The van der Waals surface area contributed by atoms with Crippen molar-refractivity contribution in [2.24, 2.45) is 10.8 Å². The summed E-state index contributed by atoms with van der Waals surface area (Å²) in [7, 11) is -2.98. The predicted molar refractivity (Wildman–Crippen MR) is 162 cm³/mol. The van der Waals surface area contributed by atoms with Crippen molar-refractivity contribution in [3.8, 4) is 5.75 Å². The molecule has 3 heterocycles. The van der Waals surface area contributed by atoms with Gasteiger partial charge in [-0.05, 0) is 50.8 Å². The number of fused-ring (bicyclic) bond motifs is 1. The van der Waals surface area contributed by atoms with Gasteiger partial charge in [-0.2, -0.15) is 0 Å². The van der Waals surface area contributed by atoms with Gasteiger partial charge in [-0.15, -0.1) is 4.52 Å². The summed E-state index contributed by atoms with van der Waals surface area (Å²) in [5.41, 5.74) is 11.0. The minimum absolute atomic E-state index is 0.00225. The number of alkyl halides is 1. The largest absolute Gasteiger partial charge is 0.750 e. The van der Waals surface area contributed by atoms with Crippen LogP contribution in [0.4, 0.5) is 4.39 Å². The van der Waals surface area contributed by atoms with Gasteiger partial charge in [-0.25, -0.2) is 13.7 Å². The minimum atomic E-state index is -2.98. The van der Waals surface area contributed by atoms with Gasteiger partial charge in [0, 0.05) is 46.6 Å². The van der Waals surface area contributed by atoms with Crippen LogP contribution in [0.1, 0.15) is 63.8 Å². The van der Waals surface area contributed by atoms with Crippen molar-refractivity contribution in [2.45, 2.75) is 101 Å². The molecule has 1 spiro atoms. The summed E-state index contributed by atoms with van der Waals surface area (Å²) in [5, 5.41) is 3.54. The third-order valence-corrected chi connectivity index (χ3v) is 9.08. The second-order valence-electron chi connectivity index (χ2n) is 12.3. The van der Waals surface area contributed by atoms with Crippen LogP contribution in [0.25, 0.3) is 10.4 Å². The smallest absolute Gasteiger partial charge is 0.462 e. The molecule has 254 valence electrons. The fourth-order valence-electron chi connectivity index (χ4n) is 6.35. The van der Waals surface area contributed by atoms with Gasteiger partial charge in [-0.3, -0.25) is 19.1 Å². The van der Waals surface area contributed by atoms with E-state index in [2.05, 4.69) is 15.0 Å². The number of H-pyrrole nitrogens is 1. The molecule has 1 saturated carbocycles. The molecule has 5 rings (SSSR count). The maximum Gasteiger partial charge on any atom is 0.750 e. The van der Waals surface area contributed by atoms with Crippen molar-refractivity contribution >= 4 is 14.2 Å². The van der Waals surface area contributed by atoms with E-state index in [9.17, 15) is 18.9 Å². The highest BCUT2D eigenvalue weighted by molar-refractivity contribution is 7.33.